The molecule has 2 amide bonds. The fourth-order valence-corrected chi connectivity index (χ4v) is 2.33. The molecule has 3 aromatic rings. The molecule has 0 radical (unpaired) electrons. The van der Waals surface area contributed by atoms with Crippen LogP contribution in [-0.4, -0.2) is 11.0 Å². The van der Waals surface area contributed by atoms with E-state index in [4.69, 9.17) is 5.26 Å². The number of benzene rings is 2. The molecule has 1 aromatic heterocycles. The molecule has 0 aliphatic heterocycles. The van der Waals surface area contributed by atoms with Crippen LogP contribution in [0, 0.1) is 11.3 Å². The number of nitrogens with zero attached hydrogens (tertiary/aromatic N) is 1. The van der Waals surface area contributed by atoms with Gasteiger partial charge in [-0.1, -0.05) is 0 Å². The van der Waals surface area contributed by atoms with Crippen molar-refractivity contribution in [1.82, 2.24) is 4.98 Å². The summed E-state index contributed by atoms with van der Waals surface area (Å²) < 4.78 is 37.5. The van der Waals surface area contributed by atoms with Gasteiger partial charge >= 0.3 is 12.2 Å². The van der Waals surface area contributed by atoms with Crippen molar-refractivity contribution in [3.63, 3.8) is 0 Å². The second kappa shape index (κ2) is 6.20. The van der Waals surface area contributed by atoms with E-state index in [0.717, 1.165) is 17.6 Å². The maximum Gasteiger partial charge on any atom is 0.416 e. The predicted molar refractivity (Wildman–Crippen MR) is 87.1 cm³/mol. The monoisotopic (exact) mass is 344 g/mol. The molecule has 0 saturated heterocycles. The van der Waals surface area contributed by atoms with E-state index in [1.54, 1.807) is 24.4 Å². The van der Waals surface area contributed by atoms with Crippen molar-refractivity contribution in [3.05, 3.63) is 59.8 Å². The molecule has 3 N–H and O–H groups in total. The van der Waals surface area contributed by atoms with Crippen molar-refractivity contribution in [2.75, 3.05) is 10.6 Å². The van der Waals surface area contributed by atoms with Gasteiger partial charge in [0.15, 0.2) is 0 Å². The second-order valence-electron chi connectivity index (χ2n) is 5.23. The molecule has 5 nitrogen and oxygen atoms in total. The highest BCUT2D eigenvalue weighted by Crippen LogP contribution is 2.29. The van der Waals surface area contributed by atoms with Crippen LogP contribution in [0.3, 0.4) is 0 Å². The van der Waals surface area contributed by atoms with Crippen LogP contribution < -0.4 is 10.6 Å². The zero-order chi connectivity index (χ0) is 18.0. The van der Waals surface area contributed by atoms with Crippen LogP contribution in [0.4, 0.5) is 29.3 Å². The molecule has 0 aliphatic carbocycles. The molecule has 0 atom stereocenters. The Morgan fingerprint density at radius 1 is 1.04 bits per heavy atom. The van der Waals surface area contributed by atoms with Gasteiger partial charge in [0, 0.05) is 28.5 Å². The first-order valence-corrected chi connectivity index (χ1v) is 7.13. The molecule has 8 heteroatoms. The number of nitrogens with one attached hydrogen (secondary N) is 3. The number of alkyl halides is 3. The lowest BCUT2D eigenvalue weighted by Crippen LogP contribution is -2.19. The zero-order valence-corrected chi connectivity index (χ0v) is 12.6. The predicted octanol–water partition coefficient (Wildman–Crippen LogP) is 4.70. The van der Waals surface area contributed by atoms with Crippen molar-refractivity contribution in [2.45, 2.75) is 6.18 Å². The van der Waals surface area contributed by atoms with E-state index in [9.17, 15) is 18.0 Å². The van der Waals surface area contributed by atoms with Gasteiger partial charge in [0.05, 0.1) is 11.1 Å². The minimum atomic E-state index is -4.43. The van der Waals surface area contributed by atoms with E-state index in [-0.39, 0.29) is 5.69 Å². The average molecular weight is 344 g/mol. The average Bonchev–Trinajstić information content (AvgIpc) is 2.96. The van der Waals surface area contributed by atoms with Crippen molar-refractivity contribution < 1.29 is 18.0 Å². The first-order chi connectivity index (χ1) is 11.9. The molecule has 3 rings (SSSR count). The number of hydrogen-bond acceptors (Lipinski definition) is 2. The molecular formula is C17H11F3N4O. The van der Waals surface area contributed by atoms with Gasteiger partial charge in [0.25, 0.3) is 0 Å². The number of urea groups is 1. The number of halogens is 3. The molecular weight excluding hydrogens is 333 g/mol. The van der Waals surface area contributed by atoms with Crippen molar-refractivity contribution >= 4 is 28.3 Å². The molecule has 0 saturated carbocycles. The molecule has 0 fully saturated rings. The highest BCUT2D eigenvalue weighted by molar-refractivity contribution is 6.01. The summed E-state index contributed by atoms with van der Waals surface area (Å²) in [4.78, 5) is 14.9. The summed E-state index contributed by atoms with van der Waals surface area (Å²) in [7, 11) is 0. The van der Waals surface area contributed by atoms with Crippen LogP contribution in [0.25, 0.3) is 10.9 Å². The van der Waals surface area contributed by atoms with Crippen molar-refractivity contribution in [1.29, 1.82) is 5.26 Å². The highest BCUT2D eigenvalue weighted by atomic mass is 19.4. The quantitative estimate of drug-likeness (QED) is 0.630. The van der Waals surface area contributed by atoms with Crippen LogP contribution in [0.2, 0.25) is 0 Å². The van der Waals surface area contributed by atoms with Gasteiger partial charge in [-0.3, -0.25) is 0 Å². The largest absolute Gasteiger partial charge is 0.416 e. The van der Waals surface area contributed by atoms with Crippen LogP contribution in [0.5, 0.6) is 0 Å². The Balaban J connectivity index is 1.71. The first-order valence-electron chi connectivity index (χ1n) is 7.13. The van der Waals surface area contributed by atoms with Crippen molar-refractivity contribution in [3.8, 4) is 6.07 Å². The Morgan fingerprint density at radius 2 is 1.68 bits per heavy atom. The molecule has 0 unspecified atom stereocenters. The highest BCUT2D eigenvalue weighted by Gasteiger charge is 2.29. The van der Waals surface area contributed by atoms with Crippen LogP contribution in [0.15, 0.2) is 48.7 Å². The van der Waals surface area contributed by atoms with Gasteiger partial charge in [0.2, 0.25) is 0 Å². The Labute approximate surface area is 140 Å². The van der Waals surface area contributed by atoms with Crippen LogP contribution >= 0.6 is 0 Å². The maximum atomic E-state index is 12.5. The van der Waals surface area contributed by atoms with Gasteiger partial charge in [0.1, 0.15) is 6.07 Å². The number of rotatable bonds is 2. The third-order valence-corrected chi connectivity index (χ3v) is 3.53. The molecule has 0 bridgehead atoms. The number of hydrogen-bond donors (Lipinski definition) is 3. The summed E-state index contributed by atoms with van der Waals surface area (Å²) in [5.41, 5.74) is 1.09. The zero-order valence-electron chi connectivity index (χ0n) is 12.6. The van der Waals surface area contributed by atoms with Gasteiger partial charge < -0.3 is 15.6 Å². The van der Waals surface area contributed by atoms with Gasteiger partial charge in [-0.05, 0) is 42.5 Å². The summed E-state index contributed by atoms with van der Waals surface area (Å²) in [6.07, 6.45) is -2.86. The maximum absolute atomic E-state index is 12.5. The van der Waals surface area contributed by atoms with E-state index in [1.165, 1.54) is 12.1 Å². The smallest absolute Gasteiger partial charge is 0.360 e. The van der Waals surface area contributed by atoms with E-state index in [2.05, 4.69) is 15.6 Å². The van der Waals surface area contributed by atoms with E-state index in [1.807, 2.05) is 6.07 Å². The first kappa shape index (κ1) is 16.4. The van der Waals surface area contributed by atoms with Crippen molar-refractivity contribution in [2.24, 2.45) is 0 Å². The number of nitriles is 1. The molecule has 25 heavy (non-hydrogen) atoms. The lowest BCUT2D eigenvalue weighted by atomic mass is 10.1. The summed E-state index contributed by atoms with van der Waals surface area (Å²) >= 11 is 0. The Hall–Kier alpha value is -3.47. The lowest BCUT2D eigenvalue weighted by molar-refractivity contribution is -0.137. The molecule has 0 aliphatic rings. The molecule has 2 aromatic carbocycles. The number of aromatic nitrogens is 1. The Kier molecular flexibility index (Phi) is 4.07. The summed E-state index contributed by atoms with van der Waals surface area (Å²) in [6.45, 7) is 0. The Bertz CT molecular complexity index is 968. The van der Waals surface area contributed by atoms with E-state index >= 15 is 0 Å². The minimum Gasteiger partial charge on any atom is -0.360 e. The minimum absolute atomic E-state index is 0.228. The van der Waals surface area contributed by atoms with E-state index in [0.29, 0.717) is 16.6 Å². The summed E-state index contributed by atoms with van der Waals surface area (Å²) in [5.74, 6) is 0. The summed E-state index contributed by atoms with van der Waals surface area (Å²) in [5, 5.41) is 14.7. The molecule has 126 valence electrons. The third kappa shape index (κ3) is 3.55. The topological polar surface area (TPSA) is 80.7 Å². The van der Waals surface area contributed by atoms with Gasteiger partial charge in [-0.15, -0.1) is 0 Å². The number of H-pyrrole nitrogens is 1. The molecule has 0 spiro atoms. The second-order valence-corrected chi connectivity index (χ2v) is 5.23. The SMILES string of the molecule is N#Cc1c[nH]c2ccc(NC(=O)Nc3ccc(C(F)(F)F)cc3)cc12. The number of carbonyl (C=O) groups is 1. The van der Waals surface area contributed by atoms with Crippen LogP contribution in [0.1, 0.15) is 11.1 Å². The normalized spacial score (nSPS) is 11.1. The number of carbonyl (C=O) groups excluding carboxylic acids is 1. The number of aromatic amines is 1. The number of anilines is 2. The fraction of sp³-hybridized carbons (Fsp3) is 0.0588. The number of amides is 2. The summed E-state index contributed by atoms with van der Waals surface area (Å²) in [6, 6.07) is 10.5. The van der Waals surface area contributed by atoms with E-state index < -0.39 is 17.8 Å². The molecule has 1 heterocycles. The fourth-order valence-electron chi connectivity index (χ4n) is 2.33. The van der Waals surface area contributed by atoms with Gasteiger partial charge in [-0.25, -0.2) is 4.79 Å². The lowest BCUT2D eigenvalue weighted by Gasteiger charge is -2.10. The van der Waals surface area contributed by atoms with Crippen LogP contribution in [-0.2, 0) is 6.18 Å². The number of fused-ring (bicyclic) bond motifs is 1. The van der Waals surface area contributed by atoms with Gasteiger partial charge in [-0.2, -0.15) is 18.4 Å². The standard InChI is InChI=1S/C17H11F3N4O/c18-17(19,20)11-1-3-12(4-2-11)23-16(25)24-13-5-6-15-14(7-13)10(8-21)9-22-15/h1-7,9,22H,(H2,23,24,25). The third-order valence-electron chi connectivity index (χ3n) is 3.53. The Morgan fingerprint density at radius 3 is 2.32 bits per heavy atom.